The molecular weight excluding hydrogens is 701 g/mol. The molecule has 0 bridgehead atoms. The molecule has 308 valence electrons. The highest BCUT2D eigenvalue weighted by molar-refractivity contribution is 6.02. The van der Waals surface area contributed by atoms with Gasteiger partial charge < -0.3 is 10.6 Å². The Balaban J connectivity index is 1.22. The van der Waals surface area contributed by atoms with Gasteiger partial charge in [-0.15, -0.1) is 0 Å². The number of rotatable bonds is 28. The molecule has 0 aliphatic heterocycles. The van der Waals surface area contributed by atoms with Gasteiger partial charge in [0, 0.05) is 35.8 Å². The van der Waals surface area contributed by atoms with E-state index in [-0.39, 0.29) is 12.1 Å². The molecule has 0 aromatic heterocycles. The van der Waals surface area contributed by atoms with Crippen molar-refractivity contribution in [1.82, 2.24) is 0 Å². The molecule has 6 heteroatoms. The normalized spacial score (nSPS) is 11.0. The number of hydrogen-bond donors (Lipinski definition) is 2. The van der Waals surface area contributed by atoms with E-state index >= 15 is 0 Å². The van der Waals surface area contributed by atoms with Crippen LogP contribution in [0.25, 0.3) is 0 Å². The van der Waals surface area contributed by atoms with E-state index < -0.39 is 0 Å². The molecule has 0 heterocycles. The Bertz CT molecular complexity index is 1500. The SMILES string of the molecule is CCCCCCCCCCCCN(C(=O)Nc1ccc(Cc2ccc(NC(=O)N(CCCCCCCCCCCC)c3ccccc3)cc2)cc1)c1ccccc1. The summed E-state index contributed by atoms with van der Waals surface area (Å²) in [5, 5.41) is 6.28. The zero-order chi connectivity index (χ0) is 40.2. The summed E-state index contributed by atoms with van der Waals surface area (Å²) in [7, 11) is 0. The van der Waals surface area contributed by atoms with Gasteiger partial charge in [-0.25, -0.2) is 9.59 Å². The lowest BCUT2D eigenvalue weighted by Crippen LogP contribution is -2.35. The number of hydrogen-bond acceptors (Lipinski definition) is 2. The average Bonchev–Trinajstić information content (AvgIpc) is 3.24. The molecule has 2 N–H and O–H groups in total. The maximum atomic E-state index is 13.5. The number of benzene rings is 4. The number of nitrogens with zero attached hydrogens (tertiary/aromatic N) is 2. The fraction of sp³-hybridized carbons (Fsp3) is 0.490. The summed E-state index contributed by atoms with van der Waals surface area (Å²) in [5.41, 5.74) is 5.72. The largest absolute Gasteiger partial charge is 0.326 e. The Morgan fingerprint density at radius 3 is 1.00 bits per heavy atom. The summed E-state index contributed by atoms with van der Waals surface area (Å²) < 4.78 is 0. The number of unbranched alkanes of at least 4 members (excludes halogenated alkanes) is 18. The highest BCUT2D eigenvalue weighted by atomic mass is 16.2. The number of amides is 4. The molecule has 0 saturated heterocycles. The molecule has 4 aromatic rings. The second kappa shape index (κ2) is 27.9. The van der Waals surface area contributed by atoms with E-state index in [0.717, 1.165) is 66.0 Å². The van der Waals surface area contributed by atoms with Gasteiger partial charge in [-0.05, 0) is 78.9 Å². The zero-order valence-electron chi connectivity index (χ0n) is 35.4. The third-order valence-corrected chi connectivity index (χ3v) is 10.9. The molecule has 4 amide bonds. The van der Waals surface area contributed by atoms with E-state index in [1.165, 1.54) is 103 Å². The van der Waals surface area contributed by atoms with Crippen LogP contribution in [0, 0.1) is 0 Å². The van der Waals surface area contributed by atoms with Crippen LogP contribution in [0.15, 0.2) is 109 Å². The lowest BCUT2D eigenvalue weighted by atomic mass is 10.0. The van der Waals surface area contributed by atoms with Crippen LogP contribution in [0.4, 0.5) is 32.3 Å². The van der Waals surface area contributed by atoms with Crippen molar-refractivity contribution in [3.8, 4) is 0 Å². The van der Waals surface area contributed by atoms with Crippen LogP contribution in [-0.2, 0) is 6.42 Å². The smallest absolute Gasteiger partial charge is 0.308 e. The molecule has 0 unspecified atom stereocenters. The highest BCUT2D eigenvalue weighted by Gasteiger charge is 2.17. The topological polar surface area (TPSA) is 64.7 Å². The molecule has 0 aliphatic carbocycles. The summed E-state index contributed by atoms with van der Waals surface area (Å²) in [5.74, 6) is 0. The van der Waals surface area contributed by atoms with Gasteiger partial charge in [0.15, 0.2) is 0 Å². The third kappa shape index (κ3) is 18.0. The summed E-state index contributed by atoms with van der Waals surface area (Å²) in [6, 6.07) is 36.0. The van der Waals surface area contributed by atoms with E-state index in [0.29, 0.717) is 13.1 Å². The first kappa shape index (κ1) is 45.1. The predicted molar refractivity (Wildman–Crippen MR) is 245 cm³/mol. The average molecular weight is 773 g/mol. The zero-order valence-corrected chi connectivity index (χ0v) is 35.4. The van der Waals surface area contributed by atoms with Crippen LogP contribution in [0.3, 0.4) is 0 Å². The fourth-order valence-electron chi connectivity index (χ4n) is 7.46. The summed E-state index contributed by atoms with van der Waals surface area (Å²) in [6.07, 6.45) is 26.1. The second-order valence-electron chi connectivity index (χ2n) is 15.8. The number of carbonyl (C=O) groups excluding carboxylic acids is 2. The first-order chi connectivity index (χ1) is 28.1. The van der Waals surface area contributed by atoms with Gasteiger partial charge in [-0.2, -0.15) is 0 Å². The van der Waals surface area contributed by atoms with Gasteiger partial charge in [0.1, 0.15) is 0 Å². The Labute approximate surface area is 345 Å². The van der Waals surface area contributed by atoms with Crippen LogP contribution < -0.4 is 20.4 Å². The van der Waals surface area contributed by atoms with Crippen molar-refractivity contribution < 1.29 is 9.59 Å². The minimum absolute atomic E-state index is 0.100. The lowest BCUT2D eigenvalue weighted by Gasteiger charge is -2.23. The number of urea groups is 2. The summed E-state index contributed by atoms with van der Waals surface area (Å²) >= 11 is 0. The first-order valence-corrected chi connectivity index (χ1v) is 22.5. The Morgan fingerprint density at radius 1 is 0.386 bits per heavy atom. The van der Waals surface area contributed by atoms with Gasteiger partial charge in [-0.3, -0.25) is 9.80 Å². The minimum Gasteiger partial charge on any atom is -0.308 e. The highest BCUT2D eigenvalue weighted by Crippen LogP contribution is 2.22. The van der Waals surface area contributed by atoms with Gasteiger partial charge >= 0.3 is 12.1 Å². The maximum absolute atomic E-state index is 13.5. The van der Waals surface area contributed by atoms with E-state index in [1.807, 2.05) is 94.7 Å². The quantitative estimate of drug-likeness (QED) is 0.0565. The summed E-state index contributed by atoms with van der Waals surface area (Å²) in [6.45, 7) is 5.93. The van der Waals surface area contributed by atoms with Crippen LogP contribution in [0.2, 0.25) is 0 Å². The van der Waals surface area contributed by atoms with Crippen LogP contribution >= 0.6 is 0 Å². The Kier molecular flexibility index (Phi) is 22.1. The van der Waals surface area contributed by atoms with Crippen LogP contribution in [-0.4, -0.2) is 25.2 Å². The van der Waals surface area contributed by atoms with Gasteiger partial charge in [0.25, 0.3) is 0 Å². The minimum atomic E-state index is -0.100. The lowest BCUT2D eigenvalue weighted by molar-refractivity contribution is 0.256. The number of anilines is 4. The number of carbonyl (C=O) groups is 2. The number of nitrogens with one attached hydrogen (secondary N) is 2. The molecule has 0 spiro atoms. The molecule has 0 aliphatic rings. The molecule has 0 saturated carbocycles. The van der Waals surface area contributed by atoms with Crippen molar-refractivity contribution in [1.29, 1.82) is 0 Å². The van der Waals surface area contributed by atoms with Crippen molar-refractivity contribution in [2.45, 2.75) is 149 Å². The van der Waals surface area contributed by atoms with Gasteiger partial charge in [0.05, 0.1) is 0 Å². The van der Waals surface area contributed by atoms with Crippen molar-refractivity contribution >= 4 is 34.8 Å². The predicted octanol–water partition coefficient (Wildman–Crippen LogP) is 15.2. The first-order valence-electron chi connectivity index (χ1n) is 22.5. The molecule has 0 fully saturated rings. The van der Waals surface area contributed by atoms with Gasteiger partial charge in [-0.1, -0.05) is 190 Å². The van der Waals surface area contributed by atoms with E-state index in [1.54, 1.807) is 0 Å². The van der Waals surface area contributed by atoms with Crippen molar-refractivity contribution in [3.63, 3.8) is 0 Å². The van der Waals surface area contributed by atoms with E-state index in [2.05, 4.69) is 48.7 Å². The molecule has 0 radical (unpaired) electrons. The second-order valence-corrected chi connectivity index (χ2v) is 15.8. The summed E-state index contributed by atoms with van der Waals surface area (Å²) in [4.78, 5) is 30.8. The number of para-hydroxylation sites is 2. The van der Waals surface area contributed by atoms with Crippen molar-refractivity contribution in [2.24, 2.45) is 0 Å². The molecule has 57 heavy (non-hydrogen) atoms. The molecule has 6 nitrogen and oxygen atoms in total. The Morgan fingerprint density at radius 2 is 0.684 bits per heavy atom. The fourth-order valence-corrected chi connectivity index (χ4v) is 7.46. The van der Waals surface area contributed by atoms with Crippen molar-refractivity contribution in [2.75, 3.05) is 33.5 Å². The molecule has 0 atom stereocenters. The maximum Gasteiger partial charge on any atom is 0.326 e. The van der Waals surface area contributed by atoms with Crippen LogP contribution in [0.1, 0.15) is 153 Å². The van der Waals surface area contributed by atoms with E-state index in [4.69, 9.17) is 0 Å². The van der Waals surface area contributed by atoms with Crippen molar-refractivity contribution in [3.05, 3.63) is 120 Å². The standard InChI is InChI=1S/C51H72N4O2/c1-3-5-7-9-11-13-15-17-19-27-41-54(48-29-23-21-24-30-48)50(56)52-46-37-33-44(34-38-46)43-45-35-39-47(40-36-45)53-51(57)55(49-31-25-22-26-32-49)42-28-20-18-16-14-12-10-8-6-4-2/h21-26,29-40H,3-20,27-28,41-43H2,1-2H3,(H,52,56)(H,53,57). The third-order valence-electron chi connectivity index (χ3n) is 10.9. The monoisotopic (exact) mass is 773 g/mol. The molecular formula is C51H72N4O2. The van der Waals surface area contributed by atoms with E-state index in [9.17, 15) is 9.59 Å². The Hall–Kier alpha value is -4.58. The van der Waals surface area contributed by atoms with Gasteiger partial charge in [0.2, 0.25) is 0 Å². The molecule has 4 rings (SSSR count). The van der Waals surface area contributed by atoms with Crippen LogP contribution in [0.5, 0.6) is 0 Å². The molecule has 4 aromatic carbocycles.